The molecule has 0 radical (unpaired) electrons. The van der Waals surface area contributed by atoms with Crippen LogP contribution in [0.25, 0.3) is 5.69 Å². The Balaban J connectivity index is 2.28. The Morgan fingerprint density at radius 2 is 2.14 bits per heavy atom. The second-order valence-electron chi connectivity index (χ2n) is 4.67. The van der Waals surface area contributed by atoms with Crippen LogP contribution in [0.3, 0.4) is 0 Å². The number of rotatable bonds is 5. The first-order valence-corrected chi connectivity index (χ1v) is 6.63. The van der Waals surface area contributed by atoms with E-state index in [1.54, 1.807) is 18.2 Å². The Kier molecular flexibility index (Phi) is 4.32. The maximum atomic E-state index is 12.0. The summed E-state index contributed by atoms with van der Waals surface area (Å²) < 4.78 is 1.34. The molecule has 2 aromatic rings. The van der Waals surface area contributed by atoms with Crippen molar-refractivity contribution in [3.8, 4) is 5.69 Å². The van der Waals surface area contributed by atoms with E-state index in [1.807, 2.05) is 13.8 Å². The zero-order chi connectivity index (χ0) is 15.4. The van der Waals surface area contributed by atoms with Gasteiger partial charge in [0.05, 0.1) is 4.92 Å². The fourth-order valence-corrected chi connectivity index (χ4v) is 1.79. The Morgan fingerprint density at radius 1 is 1.43 bits per heavy atom. The van der Waals surface area contributed by atoms with E-state index >= 15 is 0 Å². The van der Waals surface area contributed by atoms with Crippen LogP contribution in [-0.2, 0) is 0 Å². The van der Waals surface area contributed by atoms with Gasteiger partial charge in [-0.15, -0.1) is 0 Å². The highest BCUT2D eigenvalue weighted by Gasteiger charge is 2.17. The number of hydrogen-bond donors (Lipinski definition) is 1. The maximum Gasteiger partial charge on any atom is 0.294 e. The minimum absolute atomic E-state index is 0.0497. The lowest BCUT2D eigenvalue weighted by Crippen LogP contribution is -2.32. The highest BCUT2D eigenvalue weighted by atomic mass is 16.6. The fraction of sp³-hybridized carbons (Fsp3) is 0.286. The molecule has 1 unspecified atom stereocenters. The first-order chi connectivity index (χ1) is 10.0. The predicted octanol–water partition coefficient (Wildman–Crippen LogP) is 2.31. The van der Waals surface area contributed by atoms with Gasteiger partial charge in [-0.25, -0.2) is 4.68 Å². The molecule has 1 amide bonds. The quantitative estimate of drug-likeness (QED) is 0.675. The average molecular weight is 288 g/mol. The van der Waals surface area contributed by atoms with Crippen molar-refractivity contribution < 1.29 is 9.72 Å². The summed E-state index contributed by atoms with van der Waals surface area (Å²) in [6.45, 7) is 3.87. The van der Waals surface area contributed by atoms with Crippen LogP contribution in [0.5, 0.6) is 0 Å². The molecule has 7 heteroatoms. The molecule has 0 saturated carbocycles. The summed E-state index contributed by atoms with van der Waals surface area (Å²) in [5.41, 5.74) is 0.494. The third-order valence-corrected chi connectivity index (χ3v) is 3.14. The number of para-hydroxylation sites is 2. The molecule has 1 aromatic heterocycles. The van der Waals surface area contributed by atoms with E-state index in [4.69, 9.17) is 0 Å². The zero-order valence-corrected chi connectivity index (χ0v) is 11.8. The lowest BCUT2D eigenvalue weighted by Gasteiger charge is -2.09. The molecule has 1 aromatic carbocycles. The number of amides is 1. The van der Waals surface area contributed by atoms with Crippen LogP contribution in [0, 0.1) is 10.1 Å². The van der Waals surface area contributed by atoms with E-state index in [2.05, 4.69) is 10.4 Å². The summed E-state index contributed by atoms with van der Waals surface area (Å²) in [6, 6.07) is 7.84. The third kappa shape index (κ3) is 3.25. The van der Waals surface area contributed by atoms with Crippen LogP contribution in [0.15, 0.2) is 36.5 Å². The second-order valence-corrected chi connectivity index (χ2v) is 4.67. The molecule has 0 aliphatic heterocycles. The van der Waals surface area contributed by atoms with Gasteiger partial charge in [-0.1, -0.05) is 19.1 Å². The Hall–Kier alpha value is -2.70. The second kappa shape index (κ2) is 6.17. The minimum Gasteiger partial charge on any atom is -0.348 e. The highest BCUT2D eigenvalue weighted by Crippen LogP contribution is 2.21. The number of carbonyl (C=O) groups excluding carboxylic acids is 1. The third-order valence-electron chi connectivity index (χ3n) is 3.14. The summed E-state index contributed by atoms with van der Waals surface area (Å²) in [6.07, 6.45) is 2.35. The first-order valence-electron chi connectivity index (χ1n) is 6.63. The zero-order valence-electron chi connectivity index (χ0n) is 11.8. The smallest absolute Gasteiger partial charge is 0.294 e. The molecule has 0 spiro atoms. The number of carbonyl (C=O) groups is 1. The van der Waals surface area contributed by atoms with Crippen LogP contribution >= 0.6 is 0 Å². The summed E-state index contributed by atoms with van der Waals surface area (Å²) in [4.78, 5) is 22.5. The van der Waals surface area contributed by atoms with Crippen molar-refractivity contribution in [1.82, 2.24) is 15.1 Å². The van der Waals surface area contributed by atoms with Crippen LogP contribution < -0.4 is 5.32 Å². The van der Waals surface area contributed by atoms with Gasteiger partial charge in [-0.05, 0) is 25.5 Å². The van der Waals surface area contributed by atoms with Crippen molar-refractivity contribution in [2.24, 2.45) is 0 Å². The van der Waals surface area contributed by atoms with Crippen molar-refractivity contribution in [3.63, 3.8) is 0 Å². The predicted molar refractivity (Wildman–Crippen MR) is 77.4 cm³/mol. The summed E-state index contributed by atoms with van der Waals surface area (Å²) in [7, 11) is 0. The lowest BCUT2D eigenvalue weighted by atomic mass is 10.2. The van der Waals surface area contributed by atoms with Crippen molar-refractivity contribution >= 4 is 11.6 Å². The van der Waals surface area contributed by atoms with Gasteiger partial charge in [0.25, 0.3) is 11.6 Å². The number of benzene rings is 1. The monoisotopic (exact) mass is 288 g/mol. The van der Waals surface area contributed by atoms with Crippen molar-refractivity contribution in [2.75, 3.05) is 0 Å². The molecule has 0 aliphatic carbocycles. The van der Waals surface area contributed by atoms with Gasteiger partial charge in [0, 0.05) is 18.3 Å². The highest BCUT2D eigenvalue weighted by molar-refractivity contribution is 5.92. The maximum absolute atomic E-state index is 12.0. The Bertz CT molecular complexity index is 666. The van der Waals surface area contributed by atoms with E-state index in [1.165, 1.54) is 23.0 Å². The van der Waals surface area contributed by atoms with Crippen LogP contribution in [0.2, 0.25) is 0 Å². The molecule has 0 fully saturated rings. The van der Waals surface area contributed by atoms with E-state index in [-0.39, 0.29) is 23.3 Å². The van der Waals surface area contributed by atoms with E-state index in [9.17, 15) is 14.9 Å². The Labute approximate surface area is 121 Å². The topological polar surface area (TPSA) is 90.1 Å². The number of nitrogens with zero attached hydrogens (tertiary/aromatic N) is 3. The summed E-state index contributed by atoms with van der Waals surface area (Å²) in [5.74, 6) is -0.290. The van der Waals surface area contributed by atoms with Gasteiger partial charge in [-0.2, -0.15) is 5.10 Å². The van der Waals surface area contributed by atoms with Gasteiger partial charge < -0.3 is 5.32 Å². The Morgan fingerprint density at radius 3 is 2.81 bits per heavy atom. The van der Waals surface area contributed by atoms with Crippen LogP contribution in [0.1, 0.15) is 30.8 Å². The molecule has 0 bridgehead atoms. The normalized spacial score (nSPS) is 11.9. The van der Waals surface area contributed by atoms with Gasteiger partial charge in [-0.3, -0.25) is 14.9 Å². The van der Waals surface area contributed by atoms with Crippen molar-refractivity contribution in [3.05, 3.63) is 52.3 Å². The van der Waals surface area contributed by atoms with Gasteiger partial charge >= 0.3 is 0 Å². The van der Waals surface area contributed by atoms with Crippen molar-refractivity contribution in [2.45, 2.75) is 26.3 Å². The van der Waals surface area contributed by atoms with E-state index < -0.39 is 4.92 Å². The standard InChI is InChI=1S/C14H16N4O3/c1-3-10(2)15-14(19)11-8-9-17(16-11)12-6-4-5-7-13(12)18(20)21/h4-10H,3H2,1-2H3,(H,15,19). The summed E-state index contributed by atoms with van der Waals surface area (Å²) >= 11 is 0. The van der Waals surface area contributed by atoms with Gasteiger partial charge in [0.15, 0.2) is 5.69 Å². The molecular weight excluding hydrogens is 272 g/mol. The number of nitrogens with one attached hydrogen (secondary N) is 1. The van der Waals surface area contributed by atoms with E-state index in [0.717, 1.165) is 6.42 Å². The number of nitro groups is 1. The molecule has 1 atom stereocenters. The molecule has 21 heavy (non-hydrogen) atoms. The number of hydrogen-bond acceptors (Lipinski definition) is 4. The molecule has 1 N–H and O–H groups in total. The van der Waals surface area contributed by atoms with Gasteiger partial charge in [0.1, 0.15) is 5.69 Å². The molecule has 0 saturated heterocycles. The van der Waals surface area contributed by atoms with Gasteiger partial charge in [0.2, 0.25) is 0 Å². The minimum atomic E-state index is -0.476. The van der Waals surface area contributed by atoms with E-state index in [0.29, 0.717) is 5.69 Å². The first kappa shape index (κ1) is 14.7. The molecule has 7 nitrogen and oxygen atoms in total. The molecule has 110 valence electrons. The average Bonchev–Trinajstić information content (AvgIpc) is 2.96. The molecule has 1 heterocycles. The lowest BCUT2D eigenvalue weighted by molar-refractivity contribution is -0.384. The van der Waals surface area contributed by atoms with Crippen molar-refractivity contribution in [1.29, 1.82) is 0 Å². The SMILES string of the molecule is CCC(C)NC(=O)c1ccn(-c2ccccc2[N+](=O)[O-])n1. The molecule has 0 aliphatic rings. The van der Waals surface area contributed by atoms with Crippen LogP contribution in [-0.4, -0.2) is 26.7 Å². The molecular formula is C14H16N4O3. The largest absolute Gasteiger partial charge is 0.348 e. The number of aromatic nitrogens is 2. The fourth-order valence-electron chi connectivity index (χ4n) is 1.79. The number of nitro benzene ring substituents is 1. The summed E-state index contributed by atoms with van der Waals surface area (Å²) in [5, 5.41) is 17.9. The van der Waals surface area contributed by atoms with Crippen LogP contribution in [0.4, 0.5) is 5.69 Å². The molecule has 2 rings (SSSR count).